The van der Waals surface area contributed by atoms with Gasteiger partial charge in [0.15, 0.2) is 6.10 Å². The third-order valence-electron chi connectivity index (χ3n) is 7.91. The number of hydrogen-bond acceptors (Lipinski definition) is 7. The fraction of sp³-hybridized carbons (Fsp3) is 0.486. The minimum atomic E-state index is -1.07. The molecule has 1 aromatic heterocycles. The monoisotopic (exact) mass is 592 g/mol. The topological polar surface area (TPSA) is 81.1 Å². The summed E-state index contributed by atoms with van der Waals surface area (Å²) in [5, 5.41) is 10.5. The number of aliphatic hydroxyl groups is 1. The van der Waals surface area contributed by atoms with Crippen LogP contribution in [0.15, 0.2) is 48.5 Å². The van der Waals surface area contributed by atoms with Crippen LogP contribution in [0.3, 0.4) is 0 Å². The first kappa shape index (κ1) is 32.4. The molecule has 0 amide bonds. The lowest BCUT2D eigenvalue weighted by Crippen LogP contribution is -2.39. The first-order valence-corrected chi connectivity index (χ1v) is 14.9. The van der Waals surface area contributed by atoms with Gasteiger partial charge < -0.3 is 24.2 Å². The third-order valence-corrected chi connectivity index (χ3v) is 7.91. The van der Waals surface area contributed by atoms with Gasteiger partial charge in [-0.3, -0.25) is 4.98 Å². The molecule has 2 aromatic carbocycles. The van der Waals surface area contributed by atoms with Crippen molar-refractivity contribution in [3.63, 3.8) is 0 Å². The molecule has 1 unspecified atom stereocenters. The average Bonchev–Trinajstić information content (AvgIpc) is 2.96. The zero-order chi connectivity index (χ0) is 31.4. The molecule has 3 aromatic rings. The lowest BCUT2D eigenvalue weighted by Gasteiger charge is -2.41. The highest BCUT2D eigenvalue weighted by Gasteiger charge is 2.37. The van der Waals surface area contributed by atoms with Crippen molar-refractivity contribution < 1.29 is 28.5 Å². The number of nitrogens with zero attached hydrogens (tertiary/aromatic N) is 2. The second-order valence-electron chi connectivity index (χ2n) is 13.0. The standard InChI is InChI=1S/C35H45FN2O5/c1-23-29(25-10-14-27(15-11-25)42-21-16-24-8-12-26(36)13-9-24)31(38-19-17-35(5,6)18-20-38)30(28(22-39)37-23)32(33(40)41-7)43-34(2,3)4/h8-15,32,39H,16-22H2,1-7H3. The highest BCUT2D eigenvalue weighted by Crippen LogP contribution is 2.45. The van der Waals surface area contributed by atoms with Crippen molar-refractivity contribution in [2.45, 2.75) is 79.1 Å². The average molecular weight is 593 g/mol. The Morgan fingerprint density at radius 3 is 2.26 bits per heavy atom. The van der Waals surface area contributed by atoms with E-state index in [4.69, 9.17) is 19.2 Å². The summed E-state index contributed by atoms with van der Waals surface area (Å²) in [4.78, 5) is 20.4. The molecule has 1 N–H and O–H groups in total. The summed E-state index contributed by atoms with van der Waals surface area (Å²) in [5.74, 6) is -0.0751. The van der Waals surface area contributed by atoms with Gasteiger partial charge in [-0.25, -0.2) is 9.18 Å². The van der Waals surface area contributed by atoms with Gasteiger partial charge in [-0.2, -0.15) is 0 Å². The van der Waals surface area contributed by atoms with Gasteiger partial charge in [0.2, 0.25) is 0 Å². The molecule has 43 heavy (non-hydrogen) atoms. The van der Waals surface area contributed by atoms with Crippen LogP contribution in [0.2, 0.25) is 0 Å². The molecule has 1 aliphatic heterocycles. The van der Waals surface area contributed by atoms with E-state index >= 15 is 0 Å². The van der Waals surface area contributed by atoms with Crippen LogP contribution in [0.4, 0.5) is 10.1 Å². The van der Waals surface area contributed by atoms with E-state index < -0.39 is 17.7 Å². The lowest BCUT2D eigenvalue weighted by atomic mass is 9.81. The minimum Gasteiger partial charge on any atom is -0.493 e. The summed E-state index contributed by atoms with van der Waals surface area (Å²) in [5.41, 5.74) is 4.89. The fourth-order valence-electron chi connectivity index (χ4n) is 5.51. The number of ether oxygens (including phenoxy) is 3. The van der Waals surface area contributed by atoms with Crippen molar-refractivity contribution >= 4 is 11.7 Å². The van der Waals surface area contributed by atoms with Crippen LogP contribution in [-0.4, -0.2) is 48.5 Å². The number of esters is 1. The number of hydrogen-bond donors (Lipinski definition) is 1. The highest BCUT2D eigenvalue weighted by molar-refractivity contribution is 5.88. The molecule has 232 valence electrons. The molecule has 1 fully saturated rings. The van der Waals surface area contributed by atoms with E-state index in [1.54, 1.807) is 12.1 Å². The predicted molar refractivity (Wildman–Crippen MR) is 167 cm³/mol. The largest absolute Gasteiger partial charge is 0.493 e. The van der Waals surface area contributed by atoms with Crippen molar-refractivity contribution in [1.29, 1.82) is 0 Å². The molecule has 1 saturated heterocycles. The minimum absolute atomic E-state index is 0.204. The SMILES string of the molecule is COC(=O)C(OC(C)(C)C)c1c(CO)nc(C)c(-c2ccc(OCCc3ccc(F)cc3)cc2)c1N1CCC(C)(C)CC1. The second kappa shape index (κ2) is 13.4. The maximum absolute atomic E-state index is 13.3. The zero-order valence-corrected chi connectivity index (χ0v) is 26.5. The number of pyridine rings is 1. The van der Waals surface area contributed by atoms with Crippen LogP contribution in [-0.2, 0) is 27.3 Å². The van der Waals surface area contributed by atoms with E-state index in [9.17, 15) is 14.3 Å². The zero-order valence-electron chi connectivity index (χ0n) is 26.5. The van der Waals surface area contributed by atoms with Crippen molar-refractivity contribution in [1.82, 2.24) is 4.98 Å². The Balaban J connectivity index is 1.76. The number of aliphatic hydroxyl groups excluding tert-OH is 1. The van der Waals surface area contributed by atoms with Gasteiger partial charge in [-0.05, 0) is 81.3 Å². The fourth-order valence-corrected chi connectivity index (χ4v) is 5.51. The predicted octanol–water partition coefficient (Wildman–Crippen LogP) is 6.97. The molecular weight excluding hydrogens is 547 g/mol. The summed E-state index contributed by atoms with van der Waals surface area (Å²) in [6.07, 6.45) is 1.55. The molecule has 1 atom stereocenters. The Kier molecular flexibility index (Phi) is 10.1. The Hall–Kier alpha value is -3.49. The van der Waals surface area contributed by atoms with Crippen molar-refractivity contribution in [2.75, 3.05) is 31.7 Å². The third kappa shape index (κ3) is 8.12. The van der Waals surface area contributed by atoms with E-state index in [1.807, 2.05) is 52.0 Å². The van der Waals surface area contributed by atoms with Crippen LogP contribution in [0.25, 0.3) is 11.1 Å². The lowest BCUT2D eigenvalue weighted by molar-refractivity contribution is -0.164. The van der Waals surface area contributed by atoms with E-state index in [0.29, 0.717) is 30.0 Å². The van der Waals surface area contributed by atoms with Gasteiger partial charge in [0.1, 0.15) is 11.6 Å². The van der Waals surface area contributed by atoms with Crippen LogP contribution in [0.1, 0.15) is 76.1 Å². The molecule has 0 radical (unpaired) electrons. The van der Waals surface area contributed by atoms with Gasteiger partial charge in [-0.15, -0.1) is 0 Å². The number of piperidine rings is 1. The molecule has 0 spiro atoms. The molecule has 7 nitrogen and oxygen atoms in total. The van der Waals surface area contributed by atoms with Gasteiger partial charge in [0.25, 0.3) is 0 Å². The summed E-state index contributed by atoms with van der Waals surface area (Å²) < 4.78 is 30.8. The molecule has 8 heteroatoms. The van der Waals surface area contributed by atoms with Crippen molar-refractivity contribution in [3.05, 3.63) is 76.9 Å². The van der Waals surface area contributed by atoms with Crippen molar-refractivity contribution in [2.24, 2.45) is 5.41 Å². The van der Waals surface area contributed by atoms with E-state index in [1.165, 1.54) is 19.2 Å². The maximum Gasteiger partial charge on any atom is 0.339 e. The van der Waals surface area contributed by atoms with Gasteiger partial charge in [0.05, 0.1) is 37.3 Å². The highest BCUT2D eigenvalue weighted by atomic mass is 19.1. The number of aromatic nitrogens is 1. The Morgan fingerprint density at radius 1 is 1.07 bits per heavy atom. The number of anilines is 1. The summed E-state index contributed by atoms with van der Waals surface area (Å²) in [7, 11) is 1.35. The number of aryl methyl sites for hydroxylation is 1. The van der Waals surface area contributed by atoms with Crippen LogP contribution >= 0.6 is 0 Å². The Labute approximate surface area is 255 Å². The van der Waals surface area contributed by atoms with Gasteiger partial charge in [0, 0.05) is 36.3 Å². The van der Waals surface area contributed by atoms with Crippen LogP contribution in [0, 0.1) is 18.2 Å². The van der Waals surface area contributed by atoms with Gasteiger partial charge >= 0.3 is 5.97 Å². The number of benzene rings is 2. The molecule has 0 aliphatic carbocycles. The molecule has 2 heterocycles. The molecule has 0 bridgehead atoms. The van der Waals surface area contributed by atoms with Crippen LogP contribution < -0.4 is 9.64 Å². The number of halogens is 1. The van der Waals surface area contributed by atoms with E-state index in [0.717, 1.165) is 54.0 Å². The molecule has 0 saturated carbocycles. The number of methoxy groups -OCH3 is 1. The van der Waals surface area contributed by atoms with Crippen molar-refractivity contribution in [3.8, 4) is 16.9 Å². The number of rotatable bonds is 10. The number of carbonyl (C=O) groups is 1. The molecular formula is C35H45FN2O5. The van der Waals surface area contributed by atoms with Gasteiger partial charge in [-0.1, -0.05) is 38.1 Å². The first-order valence-electron chi connectivity index (χ1n) is 14.9. The molecule has 1 aliphatic rings. The van der Waals surface area contributed by atoms with Crippen LogP contribution in [0.5, 0.6) is 5.75 Å². The number of carbonyl (C=O) groups excluding carboxylic acids is 1. The smallest absolute Gasteiger partial charge is 0.339 e. The Bertz CT molecular complexity index is 1390. The second-order valence-corrected chi connectivity index (χ2v) is 13.0. The summed E-state index contributed by atoms with van der Waals surface area (Å²) in [6.45, 7) is 13.8. The van der Waals surface area contributed by atoms with E-state index in [2.05, 4.69) is 18.7 Å². The normalized spacial score (nSPS) is 15.7. The quantitative estimate of drug-likeness (QED) is 0.255. The summed E-state index contributed by atoms with van der Waals surface area (Å²) >= 11 is 0. The first-order chi connectivity index (χ1) is 20.3. The molecule has 4 rings (SSSR count). The Morgan fingerprint density at radius 2 is 1.70 bits per heavy atom. The maximum atomic E-state index is 13.3. The summed E-state index contributed by atoms with van der Waals surface area (Å²) in [6, 6.07) is 14.3. The van der Waals surface area contributed by atoms with E-state index in [-0.39, 0.29) is 17.8 Å².